The number of carbonyl (C=O) groups is 3. The molecule has 0 aliphatic carbocycles. The van der Waals surface area contributed by atoms with Gasteiger partial charge in [0.15, 0.2) is 0 Å². The minimum atomic E-state index is -0.332. The molecule has 0 saturated carbocycles. The molecule has 1 saturated heterocycles. The average molecular weight is 309 g/mol. The van der Waals surface area contributed by atoms with E-state index < -0.39 is 0 Å². The van der Waals surface area contributed by atoms with Crippen LogP contribution < -0.4 is 10.6 Å². The van der Waals surface area contributed by atoms with E-state index in [1.165, 1.54) is 18.3 Å². The van der Waals surface area contributed by atoms with Crippen molar-refractivity contribution in [3.8, 4) is 0 Å². The quantitative estimate of drug-likeness (QED) is 0.858. The number of hydrogen-bond donors (Lipinski definition) is 2. The van der Waals surface area contributed by atoms with E-state index in [9.17, 15) is 14.4 Å². The third-order valence-corrected chi connectivity index (χ3v) is 4.24. The molecule has 1 aromatic heterocycles. The molecule has 7 heteroatoms. The summed E-state index contributed by atoms with van der Waals surface area (Å²) >= 11 is 1.50. The van der Waals surface area contributed by atoms with Crippen LogP contribution in [0.25, 0.3) is 0 Å². The molecule has 1 aliphatic rings. The van der Waals surface area contributed by atoms with Gasteiger partial charge in [-0.1, -0.05) is 6.07 Å². The summed E-state index contributed by atoms with van der Waals surface area (Å²) in [5, 5.41) is 7.46. The van der Waals surface area contributed by atoms with E-state index in [1.807, 2.05) is 17.5 Å². The lowest BCUT2D eigenvalue weighted by molar-refractivity contribution is -0.135. The standard InChI is InChI=1S/C14H19N3O3S/c1-10(18)16-11(12-4-2-7-21-12)8-14(20)17-6-3-5-15-13(19)9-17/h2,4,7,11H,3,5-6,8-9H2,1H3,(H,15,19)(H,16,18). The highest BCUT2D eigenvalue weighted by Gasteiger charge is 2.24. The van der Waals surface area contributed by atoms with E-state index in [0.717, 1.165) is 11.3 Å². The lowest BCUT2D eigenvalue weighted by Gasteiger charge is -2.23. The van der Waals surface area contributed by atoms with Gasteiger partial charge >= 0.3 is 0 Å². The zero-order valence-corrected chi connectivity index (χ0v) is 12.7. The van der Waals surface area contributed by atoms with Gasteiger partial charge in [0.2, 0.25) is 17.7 Å². The van der Waals surface area contributed by atoms with Crippen molar-refractivity contribution in [1.82, 2.24) is 15.5 Å². The Balaban J connectivity index is 2.03. The van der Waals surface area contributed by atoms with Crippen LogP contribution in [0.1, 0.15) is 30.7 Å². The van der Waals surface area contributed by atoms with Gasteiger partial charge in [-0.15, -0.1) is 11.3 Å². The summed E-state index contributed by atoms with van der Waals surface area (Å²) in [7, 11) is 0. The molecule has 21 heavy (non-hydrogen) atoms. The van der Waals surface area contributed by atoms with E-state index >= 15 is 0 Å². The minimum absolute atomic E-state index is 0.0933. The number of hydrogen-bond acceptors (Lipinski definition) is 4. The Morgan fingerprint density at radius 2 is 2.33 bits per heavy atom. The first-order valence-electron chi connectivity index (χ1n) is 6.91. The SMILES string of the molecule is CC(=O)NC(CC(=O)N1CCCNC(=O)C1)c1cccs1. The van der Waals surface area contributed by atoms with E-state index in [4.69, 9.17) is 0 Å². The summed E-state index contributed by atoms with van der Waals surface area (Å²) in [4.78, 5) is 37.7. The van der Waals surface area contributed by atoms with Gasteiger partial charge in [0.1, 0.15) is 0 Å². The van der Waals surface area contributed by atoms with Crippen molar-refractivity contribution < 1.29 is 14.4 Å². The molecule has 2 rings (SSSR count). The fraction of sp³-hybridized carbons (Fsp3) is 0.500. The highest BCUT2D eigenvalue weighted by molar-refractivity contribution is 7.10. The first-order valence-corrected chi connectivity index (χ1v) is 7.79. The molecule has 2 N–H and O–H groups in total. The predicted molar refractivity (Wildman–Crippen MR) is 79.7 cm³/mol. The summed E-state index contributed by atoms with van der Waals surface area (Å²) < 4.78 is 0. The van der Waals surface area contributed by atoms with Crippen molar-refractivity contribution in [3.63, 3.8) is 0 Å². The van der Waals surface area contributed by atoms with Gasteiger partial charge in [0, 0.05) is 24.9 Å². The van der Waals surface area contributed by atoms with Crippen molar-refractivity contribution in [1.29, 1.82) is 0 Å². The van der Waals surface area contributed by atoms with Crippen molar-refractivity contribution in [2.45, 2.75) is 25.8 Å². The molecule has 0 spiro atoms. The maximum atomic E-state index is 12.4. The summed E-state index contributed by atoms with van der Waals surface area (Å²) in [5.41, 5.74) is 0. The number of carbonyl (C=O) groups excluding carboxylic acids is 3. The molecule has 1 fully saturated rings. The van der Waals surface area contributed by atoms with Crippen LogP contribution in [0.5, 0.6) is 0 Å². The third-order valence-electron chi connectivity index (χ3n) is 3.26. The Morgan fingerprint density at radius 1 is 1.52 bits per heavy atom. The van der Waals surface area contributed by atoms with Crippen LogP contribution in [0.15, 0.2) is 17.5 Å². The number of nitrogens with zero attached hydrogens (tertiary/aromatic N) is 1. The van der Waals surface area contributed by atoms with E-state index in [-0.39, 0.29) is 36.7 Å². The zero-order valence-electron chi connectivity index (χ0n) is 11.9. The predicted octanol–water partition coefficient (Wildman–Crippen LogP) is 0.664. The van der Waals surface area contributed by atoms with Crippen LogP contribution >= 0.6 is 11.3 Å². The van der Waals surface area contributed by atoms with Gasteiger partial charge in [-0.3, -0.25) is 14.4 Å². The normalized spacial score (nSPS) is 16.8. The van der Waals surface area contributed by atoms with E-state index in [0.29, 0.717) is 13.1 Å². The number of rotatable bonds is 4. The lowest BCUT2D eigenvalue weighted by atomic mass is 10.1. The van der Waals surface area contributed by atoms with Gasteiger partial charge in [0.05, 0.1) is 19.0 Å². The number of thiophene rings is 1. The summed E-state index contributed by atoms with van der Waals surface area (Å²) in [5.74, 6) is -0.415. The molecule has 2 heterocycles. The Bertz CT molecular complexity index is 516. The van der Waals surface area contributed by atoms with Crippen LogP contribution in [0.3, 0.4) is 0 Å². The Labute approximate surface area is 127 Å². The molecule has 3 amide bonds. The molecule has 0 radical (unpaired) electrons. The molecule has 114 valence electrons. The molecule has 6 nitrogen and oxygen atoms in total. The fourth-order valence-electron chi connectivity index (χ4n) is 2.28. The van der Waals surface area contributed by atoms with E-state index in [2.05, 4.69) is 10.6 Å². The van der Waals surface area contributed by atoms with Crippen molar-refractivity contribution in [2.24, 2.45) is 0 Å². The number of nitrogens with one attached hydrogen (secondary N) is 2. The van der Waals surface area contributed by atoms with Gasteiger partial charge < -0.3 is 15.5 Å². The van der Waals surface area contributed by atoms with Gasteiger partial charge in [0.25, 0.3) is 0 Å². The van der Waals surface area contributed by atoms with Crippen LogP contribution in [0.2, 0.25) is 0 Å². The van der Waals surface area contributed by atoms with Crippen LogP contribution in [0, 0.1) is 0 Å². The Kier molecular flexibility index (Phi) is 5.32. The first-order chi connectivity index (χ1) is 10.1. The minimum Gasteiger partial charge on any atom is -0.354 e. The Morgan fingerprint density at radius 3 is 3.00 bits per heavy atom. The molecule has 0 aromatic carbocycles. The molecular formula is C14H19N3O3S. The highest BCUT2D eigenvalue weighted by atomic mass is 32.1. The van der Waals surface area contributed by atoms with Gasteiger partial charge in [-0.2, -0.15) is 0 Å². The van der Waals surface area contributed by atoms with Crippen LogP contribution in [0.4, 0.5) is 0 Å². The lowest BCUT2D eigenvalue weighted by Crippen LogP contribution is -2.39. The molecule has 0 bridgehead atoms. The largest absolute Gasteiger partial charge is 0.354 e. The fourth-order valence-corrected chi connectivity index (χ4v) is 3.06. The topological polar surface area (TPSA) is 78.5 Å². The van der Waals surface area contributed by atoms with Gasteiger partial charge in [-0.05, 0) is 17.9 Å². The molecule has 1 aliphatic heterocycles. The smallest absolute Gasteiger partial charge is 0.239 e. The summed E-state index contributed by atoms with van der Waals surface area (Å²) in [6.07, 6.45) is 0.925. The molecule has 1 aromatic rings. The van der Waals surface area contributed by atoms with Crippen molar-refractivity contribution >= 4 is 29.1 Å². The second-order valence-electron chi connectivity index (χ2n) is 4.99. The summed E-state index contributed by atoms with van der Waals surface area (Å²) in [6, 6.07) is 3.45. The van der Waals surface area contributed by atoms with Crippen LogP contribution in [-0.2, 0) is 14.4 Å². The van der Waals surface area contributed by atoms with Crippen molar-refractivity contribution in [2.75, 3.05) is 19.6 Å². The number of amides is 3. The second-order valence-corrected chi connectivity index (χ2v) is 5.97. The van der Waals surface area contributed by atoms with E-state index in [1.54, 1.807) is 4.90 Å². The maximum absolute atomic E-state index is 12.4. The van der Waals surface area contributed by atoms with Crippen molar-refractivity contribution in [3.05, 3.63) is 22.4 Å². The molecular weight excluding hydrogens is 290 g/mol. The monoisotopic (exact) mass is 309 g/mol. The zero-order chi connectivity index (χ0) is 15.2. The molecule has 1 atom stereocenters. The second kappa shape index (κ2) is 7.21. The third kappa shape index (κ3) is 4.56. The maximum Gasteiger partial charge on any atom is 0.239 e. The molecule has 1 unspecified atom stereocenters. The highest BCUT2D eigenvalue weighted by Crippen LogP contribution is 2.23. The van der Waals surface area contributed by atoms with Gasteiger partial charge in [-0.25, -0.2) is 0 Å². The van der Waals surface area contributed by atoms with Crippen LogP contribution in [-0.4, -0.2) is 42.3 Å². The first kappa shape index (κ1) is 15.5. The Hall–Kier alpha value is -1.89. The average Bonchev–Trinajstić information content (AvgIpc) is 2.86. The summed E-state index contributed by atoms with van der Waals surface area (Å²) in [6.45, 7) is 2.69.